The monoisotopic (exact) mass is 1250 g/mol. The lowest BCUT2D eigenvalue weighted by Gasteiger charge is -2.19. The van der Waals surface area contributed by atoms with Crippen molar-refractivity contribution in [1.82, 2.24) is 0 Å². The van der Waals surface area contributed by atoms with Gasteiger partial charge in [-0.15, -0.1) is 0 Å². The van der Waals surface area contributed by atoms with Crippen molar-refractivity contribution in [1.29, 1.82) is 0 Å². The number of hydrogen-bond donors (Lipinski definition) is 2. The van der Waals surface area contributed by atoms with Gasteiger partial charge in [0.15, 0.2) is 6.10 Å². The van der Waals surface area contributed by atoms with E-state index in [0.29, 0.717) is 12.8 Å². The average molecular weight is 1250 g/mol. The van der Waals surface area contributed by atoms with Crippen LogP contribution in [-0.2, 0) is 32.7 Å². The van der Waals surface area contributed by atoms with Crippen molar-refractivity contribution in [3.05, 3.63) is 207 Å². The first-order chi connectivity index (χ1) is 43.8. The largest absolute Gasteiger partial charge is 0.472 e. The minimum atomic E-state index is -4.42. The average Bonchev–Trinajstić information content (AvgIpc) is 3.68. The van der Waals surface area contributed by atoms with Crippen LogP contribution in [0.3, 0.4) is 0 Å². The summed E-state index contributed by atoms with van der Waals surface area (Å²) in [5.41, 5.74) is 5.40. The van der Waals surface area contributed by atoms with Crippen LogP contribution in [0.25, 0.3) is 0 Å². The van der Waals surface area contributed by atoms with Gasteiger partial charge in [0.2, 0.25) is 0 Å². The Bertz CT molecular complexity index is 2210. The lowest BCUT2D eigenvalue weighted by atomic mass is 10.0. The summed E-state index contributed by atoms with van der Waals surface area (Å²) in [5.74, 6) is -0.875. The van der Waals surface area contributed by atoms with Crippen molar-refractivity contribution in [3.8, 4) is 0 Å². The lowest BCUT2D eigenvalue weighted by Crippen LogP contribution is -2.29. The van der Waals surface area contributed by atoms with Crippen LogP contribution in [0.4, 0.5) is 0 Å². The second kappa shape index (κ2) is 71.7. The molecule has 0 aliphatic carbocycles. The number of carbonyl (C=O) groups is 2. The Kier molecular flexibility index (Phi) is 67.3. The van der Waals surface area contributed by atoms with E-state index < -0.39 is 32.5 Å². The van der Waals surface area contributed by atoms with Gasteiger partial charge in [0, 0.05) is 19.4 Å². The van der Waals surface area contributed by atoms with Gasteiger partial charge in [-0.05, 0) is 148 Å². The van der Waals surface area contributed by atoms with E-state index in [0.717, 1.165) is 161 Å². The molecule has 498 valence electrons. The SMILES string of the molecule is CC/C=C\C/C=C\C/C=C\C/C=C\C/C=C\C/C=C\C/C=C\C/C=C\C/C=C\CCCCCCCCCCCCCC(=O)OC(COC(=O)CCCCCC/C=C\C/C=C\C/C=C\C/C=C\C/C=C\C/C=C\C/C=C\C/C=C\CC)COP(=O)(O)OCCN. The second-order valence-electron chi connectivity index (χ2n) is 21.9. The van der Waals surface area contributed by atoms with Crippen LogP contribution in [0.2, 0.25) is 0 Å². The smallest absolute Gasteiger partial charge is 0.462 e. The zero-order valence-electron chi connectivity index (χ0n) is 55.8. The Labute approximate surface area is 544 Å². The predicted molar refractivity (Wildman–Crippen MR) is 385 cm³/mol. The van der Waals surface area contributed by atoms with E-state index in [1.54, 1.807) is 0 Å². The summed E-state index contributed by atoms with van der Waals surface area (Å²) in [6, 6.07) is 0. The standard InChI is InChI=1S/C79H124NO8P/c1-3-5-7-9-11-13-15-17-19-21-23-25-27-29-31-33-34-35-36-37-38-39-40-41-42-44-46-48-50-52-54-56-58-60-62-64-66-68-70-72-79(82)88-77(76-87-89(83,84)86-74-73-80)75-85-78(81)71-69-67-65-63-61-59-57-55-53-51-49-47-45-43-32-30-28-26-24-22-20-18-16-14-12-10-8-6-4-2/h5-8,11-14,17-20,23-26,29-32,34-35,37-38,40-41,44-47,51,53,57,59,77H,3-4,9-10,15-16,21-22,27-28,33,36,39,42-43,48-50,52,54-56,58,60-76,80H2,1-2H3,(H,83,84)/b7-5-,8-6-,13-11-,14-12-,19-17-,20-18-,25-23-,26-24-,31-29-,32-30-,35-34-,38-37-,41-40-,46-44-,47-45-,53-51-,59-57-. The van der Waals surface area contributed by atoms with Gasteiger partial charge in [0.05, 0.1) is 13.2 Å². The molecule has 0 aromatic rings. The minimum Gasteiger partial charge on any atom is -0.462 e. The molecule has 0 saturated carbocycles. The van der Waals surface area contributed by atoms with Gasteiger partial charge >= 0.3 is 19.8 Å². The number of hydrogen-bond acceptors (Lipinski definition) is 8. The number of rotatable bonds is 62. The summed E-state index contributed by atoms with van der Waals surface area (Å²) in [6.45, 7) is 3.46. The maximum Gasteiger partial charge on any atom is 0.472 e. The van der Waals surface area contributed by atoms with Crippen molar-refractivity contribution in [2.24, 2.45) is 5.73 Å². The van der Waals surface area contributed by atoms with Crippen molar-refractivity contribution in [2.75, 3.05) is 26.4 Å². The molecule has 0 spiro atoms. The van der Waals surface area contributed by atoms with Crippen molar-refractivity contribution < 1.29 is 37.6 Å². The third kappa shape index (κ3) is 71.5. The van der Waals surface area contributed by atoms with Gasteiger partial charge in [0.25, 0.3) is 0 Å². The van der Waals surface area contributed by atoms with E-state index in [1.807, 2.05) is 0 Å². The lowest BCUT2D eigenvalue weighted by molar-refractivity contribution is -0.161. The molecular formula is C79H124NO8P. The Balaban J connectivity index is 4.03. The molecule has 0 heterocycles. The molecule has 0 aromatic carbocycles. The predicted octanol–water partition coefficient (Wildman–Crippen LogP) is 23.1. The highest BCUT2D eigenvalue weighted by Crippen LogP contribution is 2.43. The van der Waals surface area contributed by atoms with E-state index >= 15 is 0 Å². The summed E-state index contributed by atoms with van der Waals surface area (Å²) in [4.78, 5) is 35.3. The fourth-order valence-corrected chi connectivity index (χ4v) is 9.41. The first-order valence-corrected chi connectivity index (χ1v) is 36.1. The molecule has 89 heavy (non-hydrogen) atoms. The van der Waals surface area contributed by atoms with Crippen molar-refractivity contribution in [2.45, 2.75) is 251 Å². The minimum absolute atomic E-state index is 0.0382. The number of allylic oxidation sites excluding steroid dienone is 34. The van der Waals surface area contributed by atoms with Crippen LogP contribution in [0.15, 0.2) is 207 Å². The first kappa shape index (κ1) is 83.6. The van der Waals surface area contributed by atoms with Gasteiger partial charge < -0.3 is 20.1 Å². The Morgan fingerprint density at radius 2 is 0.584 bits per heavy atom. The molecule has 0 bridgehead atoms. The zero-order chi connectivity index (χ0) is 64.4. The van der Waals surface area contributed by atoms with Crippen molar-refractivity contribution >= 4 is 19.8 Å². The van der Waals surface area contributed by atoms with Gasteiger partial charge in [-0.25, -0.2) is 4.57 Å². The van der Waals surface area contributed by atoms with Gasteiger partial charge in [0.1, 0.15) is 6.61 Å². The highest BCUT2D eigenvalue weighted by Gasteiger charge is 2.26. The van der Waals surface area contributed by atoms with Gasteiger partial charge in [-0.3, -0.25) is 18.6 Å². The molecule has 2 atom stereocenters. The van der Waals surface area contributed by atoms with E-state index in [-0.39, 0.29) is 32.6 Å². The molecule has 0 aliphatic heterocycles. The fraction of sp³-hybridized carbons (Fsp3) is 0.544. The van der Waals surface area contributed by atoms with E-state index in [2.05, 4.69) is 220 Å². The molecule has 0 saturated heterocycles. The third-order valence-corrected chi connectivity index (χ3v) is 14.6. The van der Waals surface area contributed by atoms with Crippen LogP contribution in [0, 0.1) is 0 Å². The topological polar surface area (TPSA) is 134 Å². The number of phosphoric ester groups is 1. The Hall–Kier alpha value is -5.41. The molecule has 10 heteroatoms. The number of phosphoric acid groups is 1. The zero-order valence-corrected chi connectivity index (χ0v) is 56.7. The third-order valence-electron chi connectivity index (χ3n) is 13.7. The normalized spacial score (nSPS) is 14.2. The molecule has 3 N–H and O–H groups in total. The number of carbonyl (C=O) groups excluding carboxylic acids is 2. The summed E-state index contributed by atoms with van der Waals surface area (Å²) in [6.07, 6.45) is 110. The quantitative estimate of drug-likeness (QED) is 0.0264. The summed E-state index contributed by atoms with van der Waals surface area (Å²) in [5, 5.41) is 0. The molecule has 9 nitrogen and oxygen atoms in total. The maximum absolute atomic E-state index is 12.8. The highest BCUT2D eigenvalue weighted by atomic mass is 31.2. The van der Waals surface area contributed by atoms with Crippen LogP contribution < -0.4 is 5.73 Å². The molecular weight excluding hydrogens is 1120 g/mol. The van der Waals surface area contributed by atoms with E-state index in [4.69, 9.17) is 24.3 Å². The van der Waals surface area contributed by atoms with Gasteiger partial charge in [-0.2, -0.15) is 0 Å². The molecule has 0 amide bonds. The Morgan fingerprint density at radius 1 is 0.337 bits per heavy atom. The number of nitrogens with two attached hydrogens (primary N) is 1. The van der Waals surface area contributed by atoms with Crippen LogP contribution in [-0.4, -0.2) is 49.3 Å². The van der Waals surface area contributed by atoms with Crippen molar-refractivity contribution in [3.63, 3.8) is 0 Å². The maximum atomic E-state index is 12.8. The fourth-order valence-electron chi connectivity index (χ4n) is 8.64. The summed E-state index contributed by atoms with van der Waals surface area (Å²) < 4.78 is 33.1. The van der Waals surface area contributed by atoms with Crippen LogP contribution in [0.1, 0.15) is 245 Å². The second-order valence-corrected chi connectivity index (χ2v) is 23.4. The highest BCUT2D eigenvalue weighted by molar-refractivity contribution is 7.47. The first-order valence-electron chi connectivity index (χ1n) is 34.6. The molecule has 0 aliphatic rings. The molecule has 0 aromatic heterocycles. The Morgan fingerprint density at radius 3 is 0.865 bits per heavy atom. The van der Waals surface area contributed by atoms with E-state index in [1.165, 1.54) is 44.9 Å². The van der Waals surface area contributed by atoms with E-state index in [9.17, 15) is 19.0 Å². The molecule has 0 rings (SSSR count). The molecule has 0 radical (unpaired) electrons. The molecule has 2 unspecified atom stereocenters. The number of ether oxygens (including phenoxy) is 2. The van der Waals surface area contributed by atoms with Crippen LogP contribution in [0.5, 0.6) is 0 Å². The number of unbranched alkanes of at least 4 members (excludes halogenated alkanes) is 15. The van der Waals surface area contributed by atoms with Gasteiger partial charge in [-0.1, -0.05) is 291 Å². The summed E-state index contributed by atoms with van der Waals surface area (Å²) in [7, 11) is -4.42. The number of esters is 2. The van der Waals surface area contributed by atoms with Crippen LogP contribution >= 0.6 is 7.82 Å². The summed E-state index contributed by atoms with van der Waals surface area (Å²) >= 11 is 0. The molecule has 0 fully saturated rings.